The molecule has 4 nitrogen and oxygen atoms in total. The highest BCUT2D eigenvalue weighted by atomic mass is 32.2. The number of hydrogen-bond donors (Lipinski definition) is 1. The monoisotopic (exact) mass is 433 g/mol. The molecule has 4 rings (SSSR count). The highest BCUT2D eigenvalue weighted by Gasteiger charge is 2.20. The van der Waals surface area contributed by atoms with Crippen LogP contribution in [-0.4, -0.2) is 21.1 Å². The summed E-state index contributed by atoms with van der Waals surface area (Å²) in [6.45, 7) is 6.16. The molecule has 6 heteroatoms. The third-order valence-corrected chi connectivity index (χ3v) is 6.95. The fourth-order valence-electron chi connectivity index (χ4n) is 3.22. The number of nitrogens with zero attached hydrogens (tertiary/aromatic N) is 2. The van der Waals surface area contributed by atoms with Gasteiger partial charge < -0.3 is 5.32 Å². The van der Waals surface area contributed by atoms with Crippen molar-refractivity contribution in [1.29, 1.82) is 0 Å². The molecule has 0 bridgehead atoms. The number of hydrogen-bond acceptors (Lipinski definition) is 5. The second kappa shape index (κ2) is 8.98. The SMILES string of the molecule is CCC(Sc1cc(C)c2ccccc2n1)C(=O)Nc1nc(-c2ccc(C)cc2)cs1. The molecule has 1 amide bonds. The Morgan fingerprint density at radius 3 is 2.63 bits per heavy atom. The number of thiazole rings is 1. The number of aromatic nitrogens is 2. The number of para-hydroxylation sites is 1. The van der Waals surface area contributed by atoms with Crippen LogP contribution in [0.3, 0.4) is 0 Å². The fraction of sp³-hybridized carbons (Fsp3) is 0.208. The van der Waals surface area contributed by atoms with E-state index in [1.807, 2.05) is 30.5 Å². The van der Waals surface area contributed by atoms with Gasteiger partial charge in [0.25, 0.3) is 0 Å². The van der Waals surface area contributed by atoms with Crippen molar-refractivity contribution >= 4 is 45.0 Å². The quantitative estimate of drug-likeness (QED) is 0.353. The van der Waals surface area contributed by atoms with Gasteiger partial charge in [0.15, 0.2) is 5.13 Å². The van der Waals surface area contributed by atoms with Gasteiger partial charge in [0.05, 0.1) is 21.5 Å². The van der Waals surface area contributed by atoms with Crippen molar-refractivity contribution in [3.05, 3.63) is 71.1 Å². The third-order valence-electron chi connectivity index (χ3n) is 4.91. The number of carbonyl (C=O) groups is 1. The normalized spacial score (nSPS) is 12.1. The molecule has 0 aliphatic rings. The van der Waals surface area contributed by atoms with Gasteiger partial charge in [-0.25, -0.2) is 9.97 Å². The lowest BCUT2D eigenvalue weighted by Gasteiger charge is -2.14. The number of nitrogens with one attached hydrogen (secondary N) is 1. The Hall–Kier alpha value is -2.70. The Kier molecular flexibility index (Phi) is 6.16. The summed E-state index contributed by atoms with van der Waals surface area (Å²) < 4.78 is 0. The van der Waals surface area contributed by atoms with Crippen LogP contribution >= 0.6 is 23.1 Å². The highest BCUT2D eigenvalue weighted by molar-refractivity contribution is 8.00. The second-order valence-electron chi connectivity index (χ2n) is 7.20. The number of rotatable bonds is 6. The largest absolute Gasteiger partial charge is 0.301 e. The van der Waals surface area contributed by atoms with Crippen LogP contribution in [-0.2, 0) is 4.79 Å². The summed E-state index contributed by atoms with van der Waals surface area (Å²) in [4.78, 5) is 22.2. The van der Waals surface area contributed by atoms with Crippen molar-refractivity contribution < 1.29 is 4.79 Å². The molecular weight excluding hydrogens is 410 g/mol. The molecule has 0 fully saturated rings. The van der Waals surface area contributed by atoms with Gasteiger partial charge in [-0.15, -0.1) is 11.3 Å². The number of aryl methyl sites for hydroxylation is 2. The summed E-state index contributed by atoms with van der Waals surface area (Å²) in [5.41, 5.74) is 5.26. The van der Waals surface area contributed by atoms with E-state index in [2.05, 4.69) is 60.5 Å². The Morgan fingerprint density at radius 2 is 1.87 bits per heavy atom. The van der Waals surface area contributed by atoms with Crippen molar-refractivity contribution in [2.45, 2.75) is 37.5 Å². The molecule has 0 spiro atoms. The molecule has 152 valence electrons. The molecule has 1 N–H and O–H groups in total. The number of pyridine rings is 1. The van der Waals surface area contributed by atoms with E-state index < -0.39 is 0 Å². The van der Waals surface area contributed by atoms with Crippen molar-refractivity contribution in [1.82, 2.24) is 9.97 Å². The molecule has 1 unspecified atom stereocenters. The highest BCUT2D eigenvalue weighted by Crippen LogP contribution is 2.30. The van der Waals surface area contributed by atoms with Crippen LogP contribution in [0, 0.1) is 13.8 Å². The molecule has 2 aromatic carbocycles. The third kappa shape index (κ3) is 4.55. The van der Waals surface area contributed by atoms with E-state index >= 15 is 0 Å². The summed E-state index contributed by atoms with van der Waals surface area (Å²) in [5.74, 6) is -0.0417. The average molecular weight is 434 g/mol. The van der Waals surface area contributed by atoms with Gasteiger partial charge in [0, 0.05) is 16.3 Å². The number of fused-ring (bicyclic) bond motifs is 1. The number of anilines is 1. The van der Waals surface area contributed by atoms with E-state index in [-0.39, 0.29) is 11.2 Å². The smallest absolute Gasteiger partial charge is 0.239 e. The first-order valence-corrected chi connectivity index (χ1v) is 11.7. The fourth-order valence-corrected chi connectivity index (χ4v) is 4.96. The standard InChI is InChI=1S/C24H23N3OS2/c1-4-21(30-22-13-16(3)18-7-5-6-8-19(18)25-22)23(28)27-24-26-20(14-29-24)17-11-9-15(2)10-12-17/h5-14,21H,4H2,1-3H3,(H,26,27,28). The minimum atomic E-state index is -0.232. The van der Waals surface area contributed by atoms with Gasteiger partial charge in [-0.1, -0.05) is 66.7 Å². The zero-order valence-corrected chi connectivity index (χ0v) is 18.8. The Bertz CT molecular complexity index is 1180. The van der Waals surface area contributed by atoms with Crippen LogP contribution in [0.5, 0.6) is 0 Å². The van der Waals surface area contributed by atoms with E-state index in [4.69, 9.17) is 4.98 Å². The predicted octanol–water partition coefficient (Wildman–Crippen LogP) is 6.48. The van der Waals surface area contributed by atoms with E-state index in [0.29, 0.717) is 11.6 Å². The zero-order valence-electron chi connectivity index (χ0n) is 17.2. The average Bonchev–Trinajstić information content (AvgIpc) is 3.21. The predicted molar refractivity (Wildman–Crippen MR) is 127 cm³/mol. The molecule has 0 radical (unpaired) electrons. The van der Waals surface area contributed by atoms with Gasteiger partial charge in [0.2, 0.25) is 5.91 Å². The zero-order chi connectivity index (χ0) is 21.1. The molecule has 30 heavy (non-hydrogen) atoms. The van der Waals surface area contributed by atoms with Crippen LogP contribution in [0.15, 0.2) is 65.0 Å². The van der Waals surface area contributed by atoms with E-state index in [1.165, 1.54) is 34.2 Å². The number of carbonyl (C=O) groups excluding carboxylic acids is 1. The minimum absolute atomic E-state index is 0.0417. The maximum absolute atomic E-state index is 12.9. The summed E-state index contributed by atoms with van der Waals surface area (Å²) >= 11 is 2.95. The van der Waals surface area contributed by atoms with Crippen molar-refractivity contribution in [3.63, 3.8) is 0 Å². The first-order valence-electron chi connectivity index (χ1n) is 9.90. The van der Waals surface area contributed by atoms with Crippen LogP contribution in [0.25, 0.3) is 22.2 Å². The lowest BCUT2D eigenvalue weighted by Crippen LogP contribution is -2.24. The van der Waals surface area contributed by atoms with Gasteiger partial charge in [-0.2, -0.15) is 0 Å². The van der Waals surface area contributed by atoms with E-state index in [1.54, 1.807) is 0 Å². The van der Waals surface area contributed by atoms with Gasteiger partial charge in [-0.3, -0.25) is 4.79 Å². The van der Waals surface area contributed by atoms with Gasteiger partial charge >= 0.3 is 0 Å². The molecular formula is C24H23N3OS2. The molecule has 0 aliphatic heterocycles. The van der Waals surface area contributed by atoms with Crippen molar-refractivity contribution in [2.24, 2.45) is 0 Å². The molecule has 0 aliphatic carbocycles. The Labute approximate surface area is 184 Å². The second-order valence-corrected chi connectivity index (χ2v) is 9.28. The Morgan fingerprint density at radius 1 is 1.10 bits per heavy atom. The Balaban J connectivity index is 1.48. The van der Waals surface area contributed by atoms with Crippen molar-refractivity contribution in [2.75, 3.05) is 5.32 Å². The van der Waals surface area contributed by atoms with Gasteiger partial charge in [0.1, 0.15) is 0 Å². The first-order chi connectivity index (χ1) is 14.5. The first kappa shape index (κ1) is 20.6. The summed E-state index contributed by atoms with van der Waals surface area (Å²) in [5, 5.41) is 7.36. The van der Waals surface area contributed by atoms with Crippen LogP contribution in [0.1, 0.15) is 24.5 Å². The van der Waals surface area contributed by atoms with Crippen LogP contribution < -0.4 is 5.32 Å². The topological polar surface area (TPSA) is 54.9 Å². The van der Waals surface area contributed by atoms with Crippen LogP contribution in [0.4, 0.5) is 5.13 Å². The molecule has 0 saturated heterocycles. The molecule has 4 aromatic rings. The maximum Gasteiger partial charge on any atom is 0.239 e. The number of amides is 1. The van der Waals surface area contributed by atoms with Crippen LogP contribution in [0.2, 0.25) is 0 Å². The maximum atomic E-state index is 12.9. The number of thioether (sulfide) groups is 1. The summed E-state index contributed by atoms with van der Waals surface area (Å²) in [6, 6.07) is 18.4. The lowest BCUT2D eigenvalue weighted by atomic mass is 10.1. The van der Waals surface area contributed by atoms with E-state index in [0.717, 1.165) is 27.2 Å². The summed E-state index contributed by atoms with van der Waals surface area (Å²) in [7, 11) is 0. The van der Waals surface area contributed by atoms with E-state index in [9.17, 15) is 4.79 Å². The molecule has 0 saturated carbocycles. The minimum Gasteiger partial charge on any atom is -0.301 e. The number of benzene rings is 2. The van der Waals surface area contributed by atoms with Gasteiger partial charge in [-0.05, 0) is 38.0 Å². The molecule has 2 heterocycles. The lowest BCUT2D eigenvalue weighted by molar-refractivity contribution is -0.115. The molecule has 1 atom stereocenters. The summed E-state index contributed by atoms with van der Waals surface area (Å²) in [6.07, 6.45) is 0.709. The van der Waals surface area contributed by atoms with Crippen molar-refractivity contribution in [3.8, 4) is 11.3 Å². The molecule has 2 aromatic heterocycles.